The molecule has 4 aromatic rings. The number of H-pyrrole nitrogens is 1. The Kier molecular flexibility index (Phi) is 7.69. The van der Waals surface area contributed by atoms with Crippen molar-refractivity contribution in [1.82, 2.24) is 20.3 Å². The van der Waals surface area contributed by atoms with E-state index >= 15 is 0 Å². The predicted molar refractivity (Wildman–Crippen MR) is 151 cm³/mol. The second-order valence-electron chi connectivity index (χ2n) is 9.28. The standard InChI is InChI=1S/C28H31N7O2S/c1-19-5-3-4-6-25(19)34-11-13-35(14-12-34)26-8-7-21(27(36)30-10-9-22-16-29-18-31-22)15-23(26)33-28(37)24-17-38-20(2)32-24/h3-8,15-18H,9-14H2,1-2H3,(H,29,31)(H,30,36)(H,33,37). The zero-order valence-electron chi connectivity index (χ0n) is 21.5. The van der Waals surface area contributed by atoms with Crippen molar-refractivity contribution in [1.29, 1.82) is 0 Å². The van der Waals surface area contributed by atoms with Gasteiger partial charge >= 0.3 is 0 Å². The summed E-state index contributed by atoms with van der Waals surface area (Å²) < 4.78 is 0. The molecule has 2 aromatic carbocycles. The van der Waals surface area contributed by atoms with E-state index in [0.717, 1.165) is 42.6 Å². The number of hydrogen-bond acceptors (Lipinski definition) is 7. The summed E-state index contributed by atoms with van der Waals surface area (Å²) in [6.45, 7) is 7.79. The molecule has 3 N–H and O–H groups in total. The molecule has 0 atom stereocenters. The highest BCUT2D eigenvalue weighted by Crippen LogP contribution is 2.30. The van der Waals surface area contributed by atoms with Crippen LogP contribution in [0, 0.1) is 13.8 Å². The summed E-state index contributed by atoms with van der Waals surface area (Å²) in [5.74, 6) is -0.480. The van der Waals surface area contributed by atoms with Gasteiger partial charge in [0.05, 0.1) is 22.7 Å². The Balaban J connectivity index is 1.33. The molecule has 0 aliphatic carbocycles. The van der Waals surface area contributed by atoms with Gasteiger partial charge in [-0.25, -0.2) is 9.97 Å². The molecule has 1 aliphatic rings. The first-order chi connectivity index (χ1) is 18.5. The van der Waals surface area contributed by atoms with Gasteiger partial charge in [-0.05, 0) is 43.7 Å². The Morgan fingerprint density at radius 3 is 2.45 bits per heavy atom. The van der Waals surface area contributed by atoms with E-state index in [9.17, 15) is 9.59 Å². The Hall–Kier alpha value is -4.18. The number of benzene rings is 2. The number of piperazine rings is 1. The molecule has 5 rings (SSSR count). The molecule has 2 aromatic heterocycles. The average molecular weight is 530 g/mol. The maximum atomic E-state index is 13.0. The topological polar surface area (TPSA) is 106 Å². The summed E-state index contributed by atoms with van der Waals surface area (Å²) in [4.78, 5) is 42.0. The van der Waals surface area contributed by atoms with Gasteiger partial charge in [-0.3, -0.25) is 9.59 Å². The Labute approximate surface area is 225 Å². The second kappa shape index (κ2) is 11.5. The minimum atomic E-state index is -0.286. The van der Waals surface area contributed by atoms with E-state index in [2.05, 4.69) is 66.6 Å². The van der Waals surface area contributed by atoms with Crippen molar-refractivity contribution in [3.63, 3.8) is 0 Å². The van der Waals surface area contributed by atoms with Crippen LogP contribution in [-0.2, 0) is 6.42 Å². The van der Waals surface area contributed by atoms with Gasteiger partial charge in [0.2, 0.25) is 0 Å². The van der Waals surface area contributed by atoms with Crippen LogP contribution in [-0.4, -0.2) is 59.5 Å². The highest BCUT2D eigenvalue weighted by molar-refractivity contribution is 7.09. The first-order valence-corrected chi connectivity index (χ1v) is 13.5. The van der Waals surface area contributed by atoms with Crippen LogP contribution >= 0.6 is 11.3 Å². The van der Waals surface area contributed by atoms with Gasteiger partial charge in [0.25, 0.3) is 11.8 Å². The second-order valence-corrected chi connectivity index (χ2v) is 10.3. The molecule has 0 bridgehead atoms. The fraction of sp³-hybridized carbons (Fsp3) is 0.286. The highest BCUT2D eigenvalue weighted by Gasteiger charge is 2.23. The summed E-state index contributed by atoms with van der Waals surface area (Å²) >= 11 is 1.43. The number of anilines is 3. The lowest BCUT2D eigenvalue weighted by molar-refractivity contribution is 0.0952. The average Bonchev–Trinajstić information content (AvgIpc) is 3.61. The number of hydrogen-bond donors (Lipinski definition) is 3. The number of nitrogens with one attached hydrogen (secondary N) is 3. The number of thiazole rings is 1. The molecule has 0 unspecified atom stereocenters. The van der Waals surface area contributed by atoms with Crippen LogP contribution < -0.4 is 20.4 Å². The molecule has 3 heterocycles. The number of para-hydroxylation sites is 1. The molecule has 10 heteroatoms. The summed E-state index contributed by atoms with van der Waals surface area (Å²) in [7, 11) is 0. The molecule has 1 fully saturated rings. The number of imidazole rings is 1. The lowest BCUT2D eigenvalue weighted by Gasteiger charge is -2.38. The summed E-state index contributed by atoms with van der Waals surface area (Å²) in [5, 5.41) is 8.54. The van der Waals surface area contributed by atoms with E-state index in [0.29, 0.717) is 29.9 Å². The van der Waals surface area contributed by atoms with Crippen molar-refractivity contribution in [2.75, 3.05) is 47.8 Å². The number of aromatic nitrogens is 3. The van der Waals surface area contributed by atoms with Crippen LogP contribution in [0.4, 0.5) is 17.1 Å². The Bertz CT molecular complexity index is 1410. The zero-order valence-corrected chi connectivity index (χ0v) is 22.3. The first kappa shape index (κ1) is 25.5. The van der Waals surface area contributed by atoms with Crippen LogP contribution in [0.15, 0.2) is 60.4 Å². The molecular formula is C28H31N7O2S. The van der Waals surface area contributed by atoms with Crippen LogP contribution in [0.1, 0.15) is 37.1 Å². The molecular weight excluding hydrogens is 498 g/mol. The maximum absolute atomic E-state index is 13.0. The number of carbonyl (C=O) groups excluding carboxylic acids is 2. The van der Waals surface area contributed by atoms with E-state index in [4.69, 9.17) is 0 Å². The third-order valence-corrected chi connectivity index (χ3v) is 7.44. The Morgan fingerprint density at radius 1 is 1.00 bits per heavy atom. The normalized spacial score (nSPS) is 13.4. The van der Waals surface area contributed by atoms with Crippen LogP contribution in [0.5, 0.6) is 0 Å². The first-order valence-electron chi connectivity index (χ1n) is 12.7. The molecule has 0 spiro atoms. The molecule has 196 valence electrons. The van der Waals surface area contributed by atoms with Crippen molar-refractivity contribution in [2.24, 2.45) is 0 Å². The fourth-order valence-corrected chi connectivity index (χ4v) is 5.24. The molecule has 2 amide bonds. The molecule has 1 saturated heterocycles. The third-order valence-electron chi connectivity index (χ3n) is 6.67. The van der Waals surface area contributed by atoms with E-state index in [1.54, 1.807) is 24.0 Å². The smallest absolute Gasteiger partial charge is 0.275 e. The minimum absolute atomic E-state index is 0.194. The van der Waals surface area contributed by atoms with Crippen LogP contribution in [0.3, 0.4) is 0 Å². The maximum Gasteiger partial charge on any atom is 0.275 e. The van der Waals surface area contributed by atoms with Gasteiger partial charge in [-0.2, -0.15) is 0 Å². The van der Waals surface area contributed by atoms with Crippen molar-refractivity contribution in [3.05, 3.63) is 87.9 Å². The minimum Gasteiger partial charge on any atom is -0.368 e. The molecule has 1 aliphatic heterocycles. The van der Waals surface area contributed by atoms with E-state index in [1.807, 2.05) is 19.1 Å². The van der Waals surface area contributed by atoms with Gasteiger partial charge in [0.1, 0.15) is 5.69 Å². The SMILES string of the molecule is Cc1nc(C(=O)Nc2cc(C(=O)NCCc3cnc[nH]3)ccc2N2CCN(c3ccccc3C)CC2)cs1. The number of amides is 2. The zero-order chi connectivity index (χ0) is 26.5. The number of rotatable bonds is 8. The lowest BCUT2D eigenvalue weighted by Crippen LogP contribution is -2.47. The van der Waals surface area contributed by atoms with Gasteiger partial charge in [0, 0.05) is 67.7 Å². The van der Waals surface area contributed by atoms with Crippen molar-refractivity contribution >= 4 is 40.2 Å². The number of aryl methyl sites for hydroxylation is 2. The van der Waals surface area contributed by atoms with Crippen LogP contribution in [0.2, 0.25) is 0 Å². The van der Waals surface area contributed by atoms with Crippen molar-refractivity contribution < 1.29 is 9.59 Å². The van der Waals surface area contributed by atoms with Crippen molar-refractivity contribution in [3.8, 4) is 0 Å². The summed E-state index contributed by atoms with van der Waals surface area (Å²) in [6, 6.07) is 13.9. The van der Waals surface area contributed by atoms with Crippen LogP contribution in [0.25, 0.3) is 0 Å². The summed E-state index contributed by atoms with van der Waals surface area (Å²) in [6.07, 6.45) is 4.02. The van der Waals surface area contributed by atoms with Gasteiger partial charge in [0.15, 0.2) is 0 Å². The van der Waals surface area contributed by atoms with Gasteiger partial charge in [-0.15, -0.1) is 11.3 Å². The fourth-order valence-electron chi connectivity index (χ4n) is 4.65. The molecule has 9 nitrogen and oxygen atoms in total. The van der Waals surface area contributed by atoms with Crippen molar-refractivity contribution in [2.45, 2.75) is 20.3 Å². The summed E-state index contributed by atoms with van der Waals surface area (Å²) in [5.41, 5.74) is 5.82. The third kappa shape index (κ3) is 5.86. The lowest BCUT2D eigenvalue weighted by atomic mass is 10.1. The monoisotopic (exact) mass is 529 g/mol. The highest BCUT2D eigenvalue weighted by atomic mass is 32.1. The molecule has 38 heavy (non-hydrogen) atoms. The van der Waals surface area contributed by atoms with E-state index < -0.39 is 0 Å². The predicted octanol–water partition coefficient (Wildman–Crippen LogP) is 4.03. The number of aromatic amines is 1. The largest absolute Gasteiger partial charge is 0.368 e. The van der Waals surface area contributed by atoms with Gasteiger partial charge in [-0.1, -0.05) is 18.2 Å². The van der Waals surface area contributed by atoms with E-state index in [-0.39, 0.29) is 11.8 Å². The van der Waals surface area contributed by atoms with Gasteiger partial charge < -0.3 is 25.4 Å². The number of carbonyl (C=O) groups is 2. The Morgan fingerprint density at radius 2 is 1.76 bits per heavy atom. The quantitative estimate of drug-likeness (QED) is 0.318. The molecule has 0 radical (unpaired) electrons. The van der Waals surface area contributed by atoms with E-state index in [1.165, 1.54) is 22.6 Å². The number of nitrogens with zero attached hydrogens (tertiary/aromatic N) is 4. The molecule has 0 saturated carbocycles.